The van der Waals surface area contributed by atoms with Gasteiger partial charge >= 0.3 is 41.9 Å². The van der Waals surface area contributed by atoms with Gasteiger partial charge in [-0.2, -0.15) is 0 Å². The Bertz CT molecular complexity index is 63.0. The van der Waals surface area contributed by atoms with Crippen LogP contribution in [0.3, 0.4) is 0 Å². The van der Waals surface area contributed by atoms with Crippen LogP contribution in [0, 0.1) is 6.58 Å². The molecule has 0 aromatic heterocycles. The quantitative estimate of drug-likeness (QED) is 0.242. The molecule has 0 nitrogen and oxygen atoms in total. The van der Waals surface area contributed by atoms with E-state index >= 15 is 0 Å². The molecule has 0 rings (SSSR count). The molecule has 0 spiro atoms. The zero-order chi connectivity index (χ0) is 6.24. The maximum absolute atomic E-state index is 5.19. The Labute approximate surface area is 117 Å². The summed E-state index contributed by atoms with van der Waals surface area (Å²) < 4.78 is 0. The van der Waals surface area contributed by atoms with Crippen LogP contribution in [-0.4, -0.2) is 23.1 Å². The fourth-order valence-corrected chi connectivity index (χ4v) is 0.689. The summed E-state index contributed by atoms with van der Waals surface area (Å²) in [4.78, 5) is 0. The largest absolute Gasteiger partial charge is 2.00 e. The van der Waals surface area contributed by atoms with E-state index in [2.05, 4.69) is 6.92 Å². The van der Waals surface area contributed by atoms with Gasteiger partial charge in [0, 0.05) is 0 Å². The molecule has 0 aliphatic carbocycles. The van der Waals surface area contributed by atoms with Crippen molar-refractivity contribution in [2.24, 2.45) is 0 Å². The molecule has 0 aromatic rings. The van der Waals surface area contributed by atoms with Crippen molar-refractivity contribution in [1.29, 1.82) is 0 Å². The smallest absolute Gasteiger partial charge is 1.00 e. The van der Waals surface area contributed by atoms with Crippen LogP contribution in [0.5, 0.6) is 0 Å². The average Bonchev–Trinajstić information content (AvgIpc) is 1.81. The minimum absolute atomic E-state index is 0. The van der Waals surface area contributed by atoms with Crippen molar-refractivity contribution in [2.45, 2.75) is 39.0 Å². The molecule has 0 atom stereocenters. The van der Waals surface area contributed by atoms with Crippen LogP contribution in [0.1, 0.15) is 39.0 Å². The Hall–Kier alpha value is 1.68. The number of hydrogen-bond donors (Lipinski definition) is 0. The van der Waals surface area contributed by atoms with Crippen LogP contribution in [0.4, 0.5) is 0 Å². The van der Waals surface area contributed by atoms with Crippen molar-refractivity contribution in [2.75, 3.05) is 0 Å². The predicted molar refractivity (Wildman–Crippen MR) is 43.4 cm³/mol. The molecule has 0 radical (unpaired) electrons. The molecule has 0 aliphatic heterocycles. The van der Waals surface area contributed by atoms with Crippen LogP contribution in [0.2, 0.25) is 0 Å². The first kappa shape index (κ1) is 29.2. The Morgan fingerprint density at radius 3 is 1.92 bits per heavy atom. The van der Waals surface area contributed by atoms with Crippen molar-refractivity contribution in [1.82, 2.24) is 0 Å². The van der Waals surface area contributed by atoms with Gasteiger partial charge in [0.15, 0.2) is 0 Å². The zero-order valence-electron chi connectivity index (χ0n) is 8.15. The van der Waals surface area contributed by atoms with Crippen molar-refractivity contribution < 1.29 is 43.7 Å². The molecule has 0 fully saturated rings. The van der Waals surface area contributed by atoms with E-state index in [9.17, 15) is 0 Å². The minimum atomic E-state index is 0. The van der Waals surface area contributed by atoms with Crippen LogP contribution in [-0.2, 0) is 0 Å². The second kappa shape index (κ2) is 29.3. The summed E-state index contributed by atoms with van der Waals surface area (Å²) in [5.41, 5.74) is 0. The van der Waals surface area contributed by atoms with Gasteiger partial charge in [-0.25, -0.2) is 0 Å². The fraction of sp³-hybridized carbons (Fsp3) is 0.750. The molecule has 0 saturated heterocycles. The molecular formula is C8H15Cl2LiMg. The zero-order valence-corrected chi connectivity index (χ0v) is 11.1. The molecular weight excluding hydrogens is 198 g/mol. The second-order valence-electron chi connectivity index (χ2n) is 2.09. The summed E-state index contributed by atoms with van der Waals surface area (Å²) in [6.45, 7) is 7.40. The van der Waals surface area contributed by atoms with Gasteiger partial charge in [-0.05, 0) is 0 Å². The van der Waals surface area contributed by atoms with E-state index in [1.54, 1.807) is 6.08 Å². The average molecular weight is 213 g/mol. The molecule has 0 bridgehead atoms. The van der Waals surface area contributed by atoms with Gasteiger partial charge in [-0.1, -0.05) is 39.0 Å². The van der Waals surface area contributed by atoms with Gasteiger partial charge in [0.1, 0.15) is 0 Å². The molecule has 0 aromatic carbocycles. The summed E-state index contributed by atoms with van der Waals surface area (Å²) in [6.07, 6.45) is 8.10. The van der Waals surface area contributed by atoms with E-state index in [-0.39, 0.29) is 66.7 Å². The summed E-state index contributed by atoms with van der Waals surface area (Å²) in [6, 6.07) is 0. The minimum Gasteiger partial charge on any atom is -1.00 e. The molecule has 0 aliphatic rings. The van der Waals surface area contributed by atoms with Gasteiger partial charge in [-0.3, -0.25) is 6.08 Å². The summed E-state index contributed by atoms with van der Waals surface area (Å²) in [5, 5.41) is 0. The van der Waals surface area contributed by atoms with Gasteiger partial charge in [0.2, 0.25) is 0 Å². The number of hydrogen-bond acceptors (Lipinski definition) is 0. The van der Waals surface area contributed by atoms with Crippen LogP contribution in [0.25, 0.3) is 0 Å². The van der Waals surface area contributed by atoms with Crippen molar-refractivity contribution >= 4 is 23.1 Å². The number of halogens is 2. The first-order valence-corrected chi connectivity index (χ1v) is 3.45. The molecule has 0 N–H and O–H groups in total. The van der Waals surface area contributed by atoms with E-state index in [0.717, 1.165) is 6.42 Å². The first-order valence-electron chi connectivity index (χ1n) is 3.45. The summed E-state index contributed by atoms with van der Waals surface area (Å²) in [7, 11) is 0. The van der Waals surface area contributed by atoms with E-state index in [4.69, 9.17) is 6.58 Å². The predicted octanol–water partition coefficient (Wildman–Crippen LogP) is -6.42. The van der Waals surface area contributed by atoms with Gasteiger partial charge < -0.3 is 31.4 Å². The monoisotopic (exact) mass is 212 g/mol. The molecule has 12 heavy (non-hydrogen) atoms. The third kappa shape index (κ3) is 29.9. The second-order valence-corrected chi connectivity index (χ2v) is 2.09. The molecule has 4 heteroatoms. The molecule has 0 unspecified atom stereocenters. The molecule has 0 saturated carbocycles. The Balaban J connectivity index is -0.0000000408. The van der Waals surface area contributed by atoms with Crippen molar-refractivity contribution in [3.8, 4) is 0 Å². The SMILES string of the molecule is [CH-]=CCCCCCC.[Cl-].[Cl-].[Li+].[Mg+2]. The van der Waals surface area contributed by atoms with E-state index in [1.165, 1.54) is 25.7 Å². The number of unbranched alkanes of at least 4 members (excludes halogenated alkanes) is 4. The fourth-order valence-electron chi connectivity index (χ4n) is 0.689. The van der Waals surface area contributed by atoms with E-state index in [0.29, 0.717) is 0 Å². The third-order valence-electron chi connectivity index (χ3n) is 1.22. The molecule has 0 amide bonds. The topological polar surface area (TPSA) is 0 Å². The Kier molecular flexibility index (Phi) is 71.3. The van der Waals surface area contributed by atoms with Crippen molar-refractivity contribution in [3.63, 3.8) is 0 Å². The van der Waals surface area contributed by atoms with E-state index < -0.39 is 0 Å². The van der Waals surface area contributed by atoms with E-state index in [1.807, 2.05) is 0 Å². The standard InChI is InChI=1S/C8H15.2ClH.Li.Mg/c1-3-5-7-8-6-4-2;;;;/h1,3H,4-8H2,2H3;2*1H;;/q-1;;;+1;+2/p-2. The third-order valence-corrected chi connectivity index (χ3v) is 1.22. The van der Waals surface area contributed by atoms with Crippen LogP contribution in [0.15, 0.2) is 6.08 Å². The number of allylic oxidation sites excluding steroid dienone is 1. The van der Waals surface area contributed by atoms with Gasteiger partial charge in [0.05, 0.1) is 0 Å². The van der Waals surface area contributed by atoms with Crippen LogP contribution >= 0.6 is 0 Å². The summed E-state index contributed by atoms with van der Waals surface area (Å²) >= 11 is 0. The molecule has 0 heterocycles. The normalized spacial score (nSPS) is 6.08. The summed E-state index contributed by atoms with van der Waals surface area (Å²) in [5.74, 6) is 0. The van der Waals surface area contributed by atoms with Gasteiger partial charge in [0.25, 0.3) is 0 Å². The maximum Gasteiger partial charge on any atom is 2.00 e. The van der Waals surface area contributed by atoms with Crippen LogP contribution < -0.4 is 43.7 Å². The van der Waals surface area contributed by atoms with Crippen molar-refractivity contribution in [3.05, 3.63) is 12.7 Å². The molecule has 64 valence electrons. The Morgan fingerprint density at radius 1 is 1.08 bits per heavy atom. The number of rotatable bonds is 5. The first-order chi connectivity index (χ1) is 3.91. The Morgan fingerprint density at radius 2 is 1.58 bits per heavy atom. The maximum atomic E-state index is 5.19. The van der Waals surface area contributed by atoms with Gasteiger partial charge in [-0.15, -0.1) is 0 Å².